The van der Waals surface area contributed by atoms with Crippen LogP contribution in [-0.2, 0) is 9.59 Å². The van der Waals surface area contributed by atoms with Crippen molar-refractivity contribution in [3.63, 3.8) is 0 Å². The van der Waals surface area contributed by atoms with Crippen molar-refractivity contribution in [3.8, 4) is 5.75 Å². The molecule has 1 amide bonds. The first-order chi connectivity index (χ1) is 9.45. The number of carboxylic acid groups (broad SMARTS) is 1. The zero-order valence-electron chi connectivity index (χ0n) is 10.2. The highest BCUT2D eigenvalue weighted by molar-refractivity contribution is 5.84. The summed E-state index contributed by atoms with van der Waals surface area (Å²) in [6.45, 7) is -1.37. The van der Waals surface area contributed by atoms with Crippen molar-refractivity contribution in [2.24, 2.45) is 0 Å². The lowest BCUT2D eigenvalue weighted by Gasteiger charge is -2.12. The van der Waals surface area contributed by atoms with E-state index < -0.39 is 36.1 Å². The zero-order chi connectivity index (χ0) is 15.1. The maximum atomic E-state index is 11.4. The Kier molecular flexibility index (Phi) is 5.42. The third-order valence-corrected chi connectivity index (χ3v) is 2.24. The number of carboxylic acids is 1. The number of rotatable bonds is 7. The van der Waals surface area contributed by atoms with E-state index in [4.69, 9.17) is 14.9 Å². The van der Waals surface area contributed by atoms with Gasteiger partial charge >= 0.3 is 11.7 Å². The number of aliphatic hydroxyl groups excluding tert-OH is 1. The highest BCUT2D eigenvalue weighted by Crippen LogP contribution is 2.25. The monoisotopic (exact) mass is 284 g/mol. The van der Waals surface area contributed by atoms with Crippen molar-refractivity contribution in [2.75, 3.05) is 13.2 Å². The molecule has 0 fully saturated rings. The number of aliphatic carboxylic acids is 1. The van der Waals surface area contributed by atoms with E-state index in [1.54, 1.807) is 0 Å². The minimum atomic E-state index is -1.45. The van der Waals surface area contributed by atoms with E-state index in [0.717, 1.165) is 0 Å². The molecule has 1 rings (SSSR count). The highest BCUT2D eigenvalue weighted by Gasteiger charge is 2.20. The number of ether oxygens (including phenoxy) is 1. The van der Waals surface area contributed by atoms with Crippen LogP contribution in [0.1, 0.15) is 0 Å². The molecule has 0 saturated heterocycles. The van der Waals surface area contributed by atoms with E-state index in [0.29, 0.717) is 0 Å². The number of aliphatic hydroxyl groups is 1. The average Bonchev–Trinajstić information content (AvgIpc) is 2.42. The van der Waals surface area contributed by atoms with Gasteiger partial charge in [0.25, 0.3) is 5.91 Å². The van der Waals surface area contributed by atoms with Crippen LogP contribution in [0.5, 0.6) is 5.75 Å². The molecule has 0 spiro atoms. The molecule has 108 valence electrons. The van der Waals surface area contributed by atoms with Crippen LogP contribution in [0.3, 0.4) is 0 Å². The number of benzene rings is 1. The molecule has 0 aliphatic carbocycles. The highest BCUT2D eigenvalue weighted by atomic mass is 16.6. The summed E-state index contributed by atoms with van der Waals surface area (Å²) < 4.78 is 4.96. The Hall–Kier alpha value is -2.68. The molecule has 1 aromatic carbocycles. The summed E-state index contributed by atoms with van der Waals surface area (Å²) in [7, 11) is 0. The number of nitro groups is 1. The van der Waals surface area contributed by atoms with Gasteiger partial charge in [0.2, 0.25) is 0 Å². The number of hydrogen-bond acceptors (Lipinski definition) is 6. The minimum absolute atomic E-state index is 0.108. The molecule has 1 aromatic rings. The quantitative estimate of drug-likeness (QED) is 0.454. The third-order valence-electron chi connectivity index (χ3n) is 2.24. The van der Waals surface area contributed by atoms with Crippen molar-refractivity contribution in [2.45, 2.75) is 6.04 Å². The number of nitrogens with one attached hydrogen (secondary N) is 1. The summed E-state index contributed by atoms with van der Waals surface area (Å²) >= 11 is 0. The standard InChI is InChI=1S/C11H12N2O7/c14-5-7(11(16)17)12-10(15)6-20-9-4-2-1-3-8(9)13(18)19/h1-4,7,14H,5-6H2,(H,12,15)(H,16,17). The summed E-state index contributed by atoms with van der Waals surface area (Å²) in [5.74, 6) is -2.32. The normalized spacial score (nSPS) is 11.4. The number of carbonyl (C=O) groups is 2. The van der Waals surface area contributed by atoms with Crippen LogP contribution in [-0.4, -0.2) is 46.3 Å². The number of carbonyl (C=O) groups excluding carboxylic acids is 1. The lowest BCUT2D eigenvalue weighted by atomic mass is 10.3. The second-order valence-corrected chi connectivity index (χ2v) is 3.65. The molecule has 0 heterocycles. The number of para-hydroxylation sites is 2. The first-order valence-electron chi connectivity index (χ1n) is 5.45. The van der Waals surface area contributed by atoms with E-state index in [-0.39, 0.29) is 11.4 Å². The van der Waals surface area contributed by atoms with Gasteiger partial charge in [0.15, 0.2) is 12.4 Å². The fourth-order valence-electron chi connectivity index (χ4n) is 1.29. The van der Waals surface area contributed by atoms with Crippen LogP contribution in [0.25, 0.3) is 0 Å². The predicted octanol–water partition coefficient (Wildman–Crippen LogP) is -0.465. The summed E-state index contributed by atoms with van der Waals surface area (Å²) in [4.78, 5) is 32.0. The molecule has 0 aromatic heterocycles. The smallest absolute Gasteiger partial charge is 0.328 e. The first-order valence-corrected chi connectivity index (χ1v) is 5.45. The second-order valence-electron chi connectivity index (χ2n) is 3.65. The van der Waals surface area contributed by atoms with Crippen molar-refractivity contribution in [3.05, 3.63) is 34.4 Å². The molecule has 20 heavy (non-hydrogen) atoms. The number of hydrogen-bond donors (Lipinski definition) is 3. The lowest BCUT2D eigenvalue weighted by molar-refractivity contribution is -0.385. The Morgan fingerprint density at radius 2 is 2.05 bits per heavy atom. The fourth-order valence-corrected chi connectivity index (χ4v) is 1.29. The molecule has 0 saturated carbocycles. The van der Waals surface area contributed by atoms with Crippen molar-refractivity contribution in [1.82, 2.24) is 5.32 Å². The average molecular weight is 284 g/mol. The summed E-state index contributed by atoms with van der Waals surface area (Å²) in [5.41, 5.74) is -0.308. The van der Waals surface area contributed by atoms with Gasteiger partial charge < -0.3 is 20.3 Å². The maximum absolute atomic E-state index is 11.4. The Labute approximate surface area is 112 Å². The Bertz CT molecular complexity index is 517. The van der Waals surface area contributed by atoms with E-state index in [9.17, 15) is 19.7 Å². The van der Waals surface area contributed by atoms with Crippen molar-refractivity contribution >= 4 is 17.6 Å². The lowest BCUT2D eigenvalue weighted by Crippen LogP contribution is -2.45. The molecule has 0 bridgehead atoms. The van der Waals surface area contributed by atoms with Gasteiger partial charge in [-0.25, -0.2) is 4.79 Å². The van der Waals surface area contributed by atoms with E-state index >= 15 is 0 Å². The zero-order valence-corrected chi connectivity index (χ0v) is 10.2. The van der Waals surface area contributed by atoms with Gasteiger partial charge in [-0.3, -0.25) is 14.9 Å². The van der Waals surface area contributed by atoms with Gasteiger partial charge in [0, 0.05) is 6.07 Å². The van der Waals surface area contributed by atoms with E-state index in [2.05, 4.69) is 0 Å². The predicted molar refractivity (Wildman–Crippen MR) is 65.2 cm³/mol. The molecular weight excluding hydrogens is 272 g/mol. The molecule has 0 radical (unpaired) electrons. The topological polar surface area (TPSA) is 139 Å². The Balaban J connectivity index is 2.61. The summed E-state index contributed by atoms with van der Waals surface area (Å²) in [6.07, 6.45) is 0. The number of amides is 1. The Morgan fingerprint density at radius 3 is 2.60 bits per heavy atom. The van der Waals surface area contributed by atoms with Crippen LogP contribution in [0.15, 0.2) is 24.3 Å². The second kappa shape index (κ2) is 7.04. The molecule has 3 N–H and O–H groups in total. The van der Waals surface area contributed by atoms with Crippen LogP contribution in [0.4, 0.5) is 5.69 Å². The maximum Gasteiger partial charge on any atom is 0.328 e. The molecule has 9 heteroatoms. The van der Waals surface area contributed by atoms with Crippen LogP contribution in [0.2, 0.25) is 0 Å². The SMILES string of the molecule is O=C(COc1ccccc1[N+](=O)[O-])NC(CO)C(=O)O. The number of nitro benzene ring substituents is 1. The summed E-state index contributed by atoms with van der Waals surface area (Å²) in [6, 6.07) is 4.01. The van der Waals surface area contributed by atoms with Crippen LogP contribution in [0, 0.1) is 10.1 Å². The van der Waals surface area contributed by atoms with Gasteiger partial charge in [-0.05, 0) is 6.07 Å². The largest absolute Gasteiger partial charge is 0.480 e. The van der Waals surface area contributed by atoms with Gasteiger partial charge in [-0.15, -0.1) is 0 Å². The van der Waals surface area contributed by atoms with Gasteiger partial charge in [-0.2, -0.15) is 0 Å². The van der Waals surface area contributed by atoms with Crippen molar-refractivity contribution < 1.29 is 29.5 Å². The van der Waals surface area contributed by atoms with Crippen LogP contribution < -0.4 is 10.1 Å². The molecule has 0 aliphatic rings. The molecular formula is C11H12N2O7. The summed E-state index contributed by atoms with van der Waals surface area (Å²) in [5, 5.41) is 30.0. The Morgan fingerprint density at radius 1 is 1.40 bits per heavy atom. The van der Waals surface area contributed by atoms with E-state index in [1.807, 2.05) is 5.32 Å². The number of nitrogens with zero attached hydrogens (tertiary/aromatic N) is 1. The third kappa shape index (κ3) is 4.21. The van der Waals surface area contributed by atoms with Gasteiger partial charge in [0.1, 0.15) is 6.04 Å². The minimum Gasteiger partial charge on any atom is -0.480 e. The molecule has 1 unspecified atom stereocenters. The molecule has 1 atom stereocenters. The van der Waals surface area contributed by atoms with Crippen molar-refractivity contribution in [1.29, 1.82) is 0 Å². The molecule has 0 aliphatic heterocycles. The van der Waals surface area contributed by atoms with Crippen LogP contribution >= 0.6 is 0 Å². The van der Waals surface area contributed by atoms with Gasteiger partial charge in [-0.1, -0.05) is 12.1 Å². The first kappa shape index (κ1) is 15.4. The van der Waals surface area contributed by atoms with E-state index in [1.165, 1.54) is 24.3 Å². The fraction of sp³-hybridized carbons (Fsp3) is 0.273. The molecule has 9 nitrogen and oxygen atoms in total. The van der Waals surface area contributed by atoms with Gasteiger partial charge in [0.05, 0.1) is 11.5 Å².